The zero-order chi connectivity index (χ0) is 13.8. The normalized spacial score (nSPS) is 10.5. The average molecular weight is 258 g/mol. The third kappa shape index (κ3) is 3.19. The quantitative estimate of drug-likeness (QED) is 0.907. The maximum Gasteiger partial charge on any atom is 0.348 e. The summed E-state index contributed by atoms with van der Waals surface area (Å²) in [6, 6.07) is 5.77. The summed E-state index contributed by atoms with van der Waals surface area (Å²) in [5, 5.41) is 3.16. The Morgan fingerprint density at radius 3 is 2.79 bits per heavy atom. The first-order valence-corrected chi connectivity index (χ1v) is 6.34. The summed E-state index contributed by atoms with van der Waals surface area (Å²) in [5.74, 6) is 0.825. The second-order valence-corrected chi connectivity index (χ2v) is 4.49. The lowest BCUT2D eigenvalue weighted by Crippen LogP contribution is -2.26. The third-order valence-electron chi connectivity index (χ3n) is 2.87. The first kappa shape index (κ1) is 13.3. The minimum atomic E-state index is -0.209. The van der Waals surface area contributed by atoms with E-state index in [0.717, 1.165) is 29.3 Å². The van der Waals surface area contributed by atoms with E-state index in [9.17, 15) is 4.79 Å². The number of pyridine rings is 1. The monoisotopic (exact) mass is 258 g/mol. The Balaban J connectivity index is 2.31. The highest BCUT2D eigenvalue weighted by molar-refractivity contribution is 5.37. The van der Waals surface area contributed by atoms with Gasteiger partial charge in [-0.05, 0) is 44.5 Å². The summed E-state index contributed by atoms with van der Waals surface area (Å²) in [5.41, 5.74) is 2.49. The van der Waals surface area contributed by atoms with Gasteiger partial charge in [0, 0.05) is 24.1 Å². The van der Waals surface area contributed by atoms with Crippen LogP contribution in [0.4, 0.5) is 5.82 Å². The number of rotatable bonds is 4. The molecule has 0 radical (unpaired) electrons. The fraction of sp³-hybridized carbons (Fsp3) is 0.357. The number of nitrogens with one attached hydrogen (secondary N) is 1. The van der Waals surface area contributed by atoms with Gasteiger partial charge in [-0.15, -0.1) is 0 Å². The molecule has 0 spiro atoms. The molecule has 5 nitrogen and oxygen atoms in total. The van der Waals surface area contributed by atoms with Crippen molar-refractivity contribution in [1.82, 2.24) is 14.5 Å². The van der Waals surface area contributed by atoms with E-state index >= 15 is 0 Å². The molecule has 2 aromatic heterocycles. The van der Waals surface area contributed by atoms with Gasteiger partial charge in [0.1, 0.15) is 5.82 Å². The van der Waals surface area contributed by atoms with Gasteiger partial charge in [-0.25, -0.2) is 9.78 Å². The van der Waals surface area contributed by atoms with Crippen LogP contribution < -0.4 is 11.0 Å². The molecule has 0 bridgehead atoms. The van der Waals surface area contributed by atoms with Crippen LogP contribution in [-0.4, -0.2) is 21.1 Å². The van der Waals surface area contributed by atoms with Gasteiger partial charge in [0.2, 0.25) is 0 Å². The lowest BCUT2D eigenvalue weighted by Gasteiger charge is -2.10. The molecule has 0 saturated carbocycles. The van der Waals surface area contributed by atoms with Crippen molar-refractivity contribution in [3.63, 3.8) is 0 Å². The Morgan fingerprint density at radius 2 is 2.11 bits per heavy atom. The number of aromatic nitrogens is 3. The molecule has 2 aromatic rings. The van der Waals surface area contributed by atoms with Crippen molar-refractivity contribution in [3.8, 4) is 0 Å². The summed E-state index contributed by atoms with van der Waals surface area (Å²) in [7, 11) is 0. The summed E-state index contributed by atoms with van der Waals surface area (Å²) < 4.78 is 1.66. The van der Waals surface area contributed by atoms with Gasteiger partial charge in [-0.1, -0.05) is 0 Å². The molecule has 0 fully saturated rings. The molecular formula is C14H18N4O. The van der Waals surface area contributed by atoms with Crippen LogP contribution in [0, 0.1) is 13.8 Å². The molecule has 0 saturated heterocycles. The summed E-state index contributed by atoms with van der Waals surface area (Å²) in [6.45, 7) is 7.10. The largest absolute Gasteiger partial charge is 0.370 e. The van der Waals surface area contributed by atoms with E-state index in [0.29, 0.717) is 6.54 Å². The van der Waals surface area contributed by atoms with Crippen molar-refractivity contribution >= 4 is 5.82 Å². The van der Waals surface area contributed by atoms with Crippen LogP contribution in [0.15, 0.2) is 29.2 Å². The zero-order valence-corrected chi connectivity index (χ0v) is 11.5. The van der Waals surface area contributed by atoms with Crippen LogP contribution in [0.25, 0.3) is 0 Å². The molecule has 100 valence electrons. The first-order valence-electron chi connectivity index (χ1n) is 6.34. The van der Waals surface area contributed by atoms with E-state index in [4.69, 9.17) is 0 Å². The topological polar surface area (TPSA) is 59.8 Å². The molecule has 2 heterocycles. The number of hydrogen-bond donors (Lipinski definition) is 1. The first-order chi connectivity index (χ1) is 9.10. The fourth-order valence-electron chi connectivity index (χ4n) is 2.00. The highest BCUT2D eigenvalue weighted by Crippen LogP contribution is 2.08. The third-order valence-corrected chi connectivity index (χ3v) is 2.87. The lowest BCUT2D eigenvalue weighted by atomic mass is 10.2. The Morgan fingerprint density at radius 1 is 1.32 bits per heavy atom. The van der Waals surface area contributed by atoms with Crippen molar-refractivity contribution in [2.24, 2.45) is 0 Å². The Bertz CT molecular complexity index is 634. The van der Waals surface area contributed by atoms with E-state index in [1.54, 1.807) is 10.8 Å². The van der Waals surface area contributed by atoms with E-state index < -0.39 is 0 Å². The highest BCUT2D eigenvalue weighted by atomic mass is 16.1. The SMILES string of the molecule is CCNc1cc(Cn2c(C)cc(C)nc2=O)ccn1. The van der Waals surface area contributed by atoms with Gasteiger partial charge >= 0.3 is 5.69 Å². The van der Waals surface area contributed by atoms with E-state index in [1.165, 1.54) is 0 Å². The van der Waals surface area contributed by atoms with Gasteiger partial charge in [0.15, 0.2) is 0 Å². The Labute approximate surface area is 112 Å². The van der Waals surface area contributed by atoms with E-state index in [2.05, 4.69) is 15.3 Å². The predicted octanol–water partition coefficient (Wildman–Crippen LogP) is 1.74. The molecule has 5 heteroatoms. The van der Waals surface area contributed by atoms with Crippen molar-refractivity contribution in [1.29, 1.82) is 0 Å². The molecule has 0 aromatic carbocycles. The molecule has 0 unspecified atom stereocenters. The number of nitrogens with zero attached hydrogens (tertiary/aromatic N) is 3. The highest BCUT2D eigenvalue weighted by Gasteiger charge is 2.04. The minimum absolute atomic E-state index is 0.209. The Kier molecular flexibility index (Phi) is 3.94. The van der Waals surface area contributed by atoms with Crippen LogP contribution in [0.5, 0.6) is 0 Å². The minimum Gasteiger partial charge on any atom is -0.370 e. The molecule has 1 N–H and O–H groups in total. The number of aryl methyl sites for hydroxylation is 2. The standard InChI is InChI=1S/C14H18N4O/c1-4-15-13-8-12(5-6-16-13)9-18-11(3)7-10(2)17-14(18)19/h5-8H,4,9H2,1-3H3,(H,15,16). The van der Waals surface area contributed by atoms with E-state index in [1.807, 2.05) is 39.0 Å². The predicted molar refractivity (Wildman–Crippen MR) is 75.5 cm³/mol. The smallest absolute Gasteiger partial charge is 0.348 e. The summed E-state index contributed by atoms with van der Waals surface area (Å²) in [4.78, 5) is 20.1. The molecule has 0 aliphatic carbocycles. The summed E-state index contributed by atoms with van der Waals surface area (Å²) in [6.07, 6.45) is 1.75. The molecule has 0 aliphatic heterocycles. The molecule has 0 amide bonds. The molecular weight excluding hydrogens is 240 g/mol. The van der Waals surface area contributed by atoms with Crippen LogP contribution in [0.1, 0.15) is 23.9 Å². The molecule has 0 atom stereocenters. The van der Waals surface area contributed by atoms with Crippen molar-refractivity contribution in [3.05, 3.63) is 51.8 Å². The Hall–Kier alpha value is -2.17. The van der Waals surface area contributed by atoms with Gasteiger partial charge < -0.3 is 5.32 Å². The van der Waals surface area contributed by atoms with Gasteiger partial charge in [-0.3, -0.25) is 4.57 Å². The van der Waals surface area contributed by atoms with Crippen LogP contribution in [0.3, 0.4) is 0 Å². The number of hydrogen-bond acceptors (Lipinski definition) is 4. The van der Waals surface area contributed by atoms with Gasteiger partial charge in [0.05, 0.1) is 6.54 Å². The second kappa shape index (κ2) is 5.65. The van der Waals surface area contributed by atoms with Crippen LogP contribution >= 0.6 is 0 Å². The van der Waals surface area contributed by atoms with E-state index in [-0.39, 0.29) is 5.69 Å². The molecule has 2 rings (SSSR count). The van der Waals surface area contributed by atoms with Crippen LogP contribution in [0.2, 0.25) is 0 Å². The summed E-state index contributed by atoms with van der Waals surface area (Å²) >= 11 is 0. The number of anilines is 1. The van der Waals surface area contributed by atoms with Gasteiger partial charge in [-0.2, -0.15) is 4.98 Å². The van der Waals surface area contributed by atoms with Crippen molar-refractivity contribution in [2.75, 3.05) is 11.9 Å². The maximum absolute atomic E-state index is 11.9. The molecule has 19 heavy (non-hydrogen) atoms. The average Bonchev–Trinajstić information content (AvgIpc) is 2.35. The van der Waals surface area contributed by atoms with Gasteiger partial charge in [0.25, 0.3) is 0 Å². The van der Waals surface area contributed by atoms with Crippen molar-refractivity contribution < 1.29 is 0 Å². The lowest BCUT2D eigenvalue weighted by molar-refractivity contribution is 0.693. The molecule has 0 aliphatic rings. The zero-order valence-electron chi connectivity index (χ0n) is 11.5. The second-order valence-electron chi connectivity index (χ2n) is 4.49. The van der Waals surface area contributed by atoms with Crippen molar-refractivity contribution in [2.45, 2.75) is 27.3 Å². The fourth-order valence-corrected chi connectivity index (χ4v) is 2.00. The maximum atomic E-state index is 11.9. The van der Waals surface area contributed by atoms with Crippen LogP contribution in [-0.2, 0) is 6.54 Å².